The molecule has 0 saturated heterocycles. The number of hydrogen-bond acceptors (Lipinski definition) is 6. The van der Waals surface area contributed by atoms with Crippen LogP contribution in [0.5, 0.6) is 0 Å². The van der Waals surface area contributed by atoms with Crippen LogP contribution in [0.3, 0.4) is 0 Å². The predicted octanol–water partition coefficient (Wildman–Crippen LogP) is 2.32. The van der Waals surface area contributed by atoms with Crippen molar-refractivity contribution in [2.24, 2.45) is 7.05 Å². The Balaban J connectivity index is 1.61. The average Bonchev–Trinajstić information content (AvgIpc) is 3.04. The molecule has 0 amide bonds. The van der Waals surface area contributed by atoms with Gasteiger partial charge in [-0.3, -0.25) is 0 Å². The van der Waals surface area contributed by atoms with E-state index in [0.717, 1.165) is 29.6 Å². The first-order valence-corrected chi connectivity index (χ1v) is 7.60. The maximum Gasteiger partial charge on any atom is 0.237 e. The van der Waals surface area contributed by atoms with E-state index < -0.39 is 0 Å². The molecule has 2 aromatic heterocycles. The maximum atomic E-state index is 5.21. The second kappa shape index (κ2) is 5.32. The van der Waals surface area contributed by atoms with Crippen molar-refractivity contribution in [2.75, 3.05) is 0 Å². The largest absolute Gasteiger partial charge is 0.338 e. The second-order valence-corrected chi connectivity index (χ2v) is 5.76. The third kappa shape index (κ3) is 2.80. The summed E-state index contributed by atoms with van der Waals surface area (Å²) >= 11 is 1.59. The molecule has 0 spiro atoms. The lowest BCUT2D eigenvalue weighted by atomic mass is 10.3. The minimum Gasteiger partial charge on any atom is -0.338 e. The van der Waals surface area contributed by atoms with Gasteiger partial charge in [0.1, 0.15) is 5.82 Å². The molecule has 1 aliphatic carbocycles. The summed E-state index contributed by atoms with van der Waals surface area (Å²) in [7, 11) is 2.02. The number of nitrogens with zero attached hydrogens (tertiary/aromatic N) is 5. The normalized spacial score (nSPS) is 15.1. The number of aromatic nitrogens is 5. The lowest BCUT2D eigenvalue weighted by Crippen LogP contribution is -1.97. The summed E-state index contributed by atoms with van der Waals surface area (Å²) in [4.78, 5) is 4.34. The van der Waals surface area contributed by atoms with Gasteiger partial charge in [0.15, 0.2) is 11.0 Å². The number of thioether (sulfide) groups is 1. The van der Waals surface area contributed by atoms with Crippen LogP contribution in [-0.2, 0) is 19.2 Å². The zero-order chi connectivity index (χ0) is 13.2. The van der Waals surface area contributed by atoms with Crippen molar-refractivity contribution in [3.63, 3.8) is 0 Å². The van der Waals surface area contributed by atoms with Crippen LogP contribution in [-0.4, -0.2) is 24.9 Å². The molecule has 0 N–H and O–H groups in total. The van der Waals surface area contributed by atoms with E-state index in [2.05, 4.69) is 31.8 Å². The van der Waals surface area contributed by atoms with Gasteiger partial charge in [-0.2, -0.15) is 4.98 Å². The number of aryl methyl sites for hydroxylation is 1. The monoisotopic (exact) mass is 279 g/mol. The molecule has 7 heteroatoms. The smallest absolute Gasteiger partial charge is 0.237 e. The van der Waals surface area contributed by atoms with Crippen LogP contribution in [0.2, 0.25) is 0 Å². The zero-order valence-corrected chi connectivity index (χ0v) is 12.0. The topological polar surface area (TPSA) is 69.6 Å². The maximum absolute atomic E-state index is 5.21. The van der Waals surface area contributed by atoms with Gasteiger partial charge in [0.25, 0.3) is 0 Å². The Bertz CT molecular complexity index is 560. The molecule has 0 unspecified atom stereocenters. The van der Waals surface area contributed by atoms with E-state index >= 15 is 0 Å². The van der Waals surface area contributed by atoms with Gasteiger partial charge < -0.3 is 9.09 Å². The first-order valence-electron chi connectivity index (χ1n) is 6.61. The fraction of sp³-hybridized carbons (Fsp3) is 0.667. The summed E-state index contributed by atoms with van der Waals surface area (Å²) in [6, 6.07) is 0. The van der Waals surface area contributed by atoms with Crippen LogP contribution in [0.4, 0.5) is 0 Å². The lowest BCUT2D eigenvalue weighted by molar-refractivity contribution is 0.384. The molecule has 19 heavy (non-hydrogen) atoms. The van der Waals surface area contributed by atoms with Crippen LogP contribution >= 0.6 is 11.8 Å². The Morgan fingerprint density at radius 3 is 2.95 bits per heavy atom. The van der Waals surface area contributed by atoms with Gasteiger partial charge in [-0.1, -0.05) is 23.8 Å². The third-order valence-electron chi connectivity index (χ3n) is 3.12. The molecule has 1 fully saturated rings. The van der Waals surface area contributed by atoms with Crippen molar-refractivity contribution in [2.45, 2.75) is 49.4 Å². The summed E-state index contributed by atoms with van der Waals surface area (Å²) in [5.74, 6) is 3.80. The molecule has 0 radical (unpaired) electrons. The van der Waals surface area contributed by atoms with Gasteiger partial charge >= 0.3 is 0 Å². The number of hydrogen-bond donors (Lipinski definition) is 0. The van der Waals surface area contributed by atoms with Crippen LogP contribution in [0.1, 0.15) is 49.6 Å². The molecule has 0 aromatic carbocycles. The molecule has 0 bridgehead atoms. The van der Waals surface area contributed by atoms with Gasteiger partial charge in [0.05, 0.1) is 5.75 Å². The SMILES string of the molecule is CCCc1noc(CSc2nnc(C3CC3)n2C)n1. The third-order valence-corrected chi connectivity index (χ3v) is 4.12. The van der Waals surface area contributed by atoms with E-state index in [4.69, 9.17) is 4.52 Å². The summed E-state index contributed by atoms with van der Waals surface area (Å²) in [5, 5.41) is 13.3. The van der Waals surface area contributed by atoms with Crippen molar-refractivity contribution in [1.29, 1.82) is 0 Å². The Hall–Kier alpha value is -1.37. The van der Waals surface area contributed by atoms with Gasteiger partial charge in [0, 0.05) is 19.4 Å². The van der Waals surface area contributed by atoms with Gasteiger partial charge in [-0.15, -0.1) is 10.2 Å². The van der Waals surface area contributed by atoms with E-state index in [1.807, 2.05) is 7.05 Å². The molecular formula is C12H17N5OS. The summed E-state index contributed by atoms with van der Waals surface area (Å²) < 4.78 is 7.28. The van der Waals surface area contributed by atoms with Gasteiger partial charge in [0.2, 0.25) is 5.89 Å². The molecule has 1 saturated carbocycles. The minimum atomic E-state index is 0.617. The molecule has 0 atom stereocenters. The fourth-order valence-electron chi connectivity index (χ4n) is 1.95. The van der Waals surface area contributed by atoms with Crippen molar-refractivity contribution in [3.05, 3.63) is 17.5 Å². The van der Waals surface area contributed by atoms with E-state index in [9.17, 15) is 0 Å². The standard InChI is InChI=1S/C12H17N5OS/c1-3-4-9-13-10(18-16-9)7-19-12-15-14-11(17(12)2)8-5-6-8/h8H,3-7H2,1-2H3. The van der Waals surface area contributed by atoms with E-state index in [-0.39, 0.29) is 0 Å². The highest BCUT2D eigenvalue weighted by Crippen LogP contribution is 2.39. The molecule has 6 nitrogen and oxygen atoms in total. The van der Waals surface area contributed by atoms with Gasteiger partial charge in [-0.25, -0.2) is 0 Å². The van der Waals surface area contributed by atoms with Crippen LogP contribution in [0.25, 0.3) is 0 Å². The van der Waals surface area contributed by atoms with E-state index in [1.165, 1.54) is 12.8 Å². The van der Waals surface area contributed by atoms with Crippen LogP contribution < -0.4 is 0 Å². The van der Waals surface area contributed by atoms with Crippen molar-refractivity contribution >= 4 is 11.8 Å². The second-order valence-electron chi connectivity index (χ2n) is 4.82. The quantitative estimate of drug-likeness (QED) is 0.756. The van der Waals surface area contributed by atoms with Crippen LogP contribution in [0, 0.1) is 0 Å². The van der Waals surface area contributed by atoms with E-state index in [1.54, 1.807) is 11.8 Å². The molecule has 2 heterocycles. The Labute approximate surface area is 116 Å². The minimum absolute atomic E-state index is 0.617. The Morgan fingerprint density at radius 2 is 2.21 bits per heavy atom. The highest BCUT2D eigenvalue weighted by Gasteiger charge is 2.29. The summed E-state index contributed by atoms with van der Waals surface area (Å²) in [6.45, 7) is 2.10. The zero-order valence-electron chi connectivity index (χ0n) is 11.2. The molecular weight excluding hydrogens is 262 g/mol. The summed E-state index contributed by atoms with van der Waals surface area (Å²) in [6.07, 6.45) is 4.37. The first kappa shape index (κ1) is 12.7. The van der Waals surface area contributed by atoms with E-state index in [0.29, 0.717) is 17.6 Å². The van der Waals surface area contributed by atoms with Gasteiger partial charge in [-0.05, 0) is 19.3 Å². The number of rotatable bonds is 6. The Morgan fingerprint density at radius 1 is 1.37 bits per heavy atom. The summed E-state index contributed by atoms with van der Waals surface area (Å²) in [5.41, 5.74) is 0. The van der Waals surface area contributed by atoms with Crippen LogP contribution in [0.15, 0.2) is 9.68 Å². The molecule has 3 rings (SSSR count). The highest BCUT2D eigenvalue weighted by molar-refractivity contribution is 7.98. The Kier molecular flexibility index (Phi) is 3.54. The highest BCUT2D eigenvalue weighted by atomic mass is 32.2. The average molecular weight is 279 g/mol. The van der Waals surface area contributed by atoms with Crippen molar-refractivity contribution in [3.8, 4) is 0 Å². The first-order chi connectivity index (χ1) is 9.28. The van der Waals surface area contributed by atoms with Crippen molar-refractivity contribution in [1.82, 2.24) is 24.9 Å². The predicted molar refractivity (Wildman–Crippen MR) is 70.8 cm³/mol. The van der Waals surface area contributed by atoms with Crippen molar-refractivity contribution < 1.29 is 4.52 Å². The lowest BCUT2D eigenvalue weighted by Gasteiger charge is -2.00. The molecule has 1 aliphatic rings. The fourth-order valence-corrected chi connectivity index (χ4v) is 2.70. The molecule has 102 valence electrons. The molecule has 2 aromatic rings. The molecule has 0 aliphatic heterocycles.